The van der Waals surface area contributed by atoms with Gasteiger partial charge in [-0.2, -0.15) is 0 Å². The van der Waals surface area contributed by atoms with Crippen molar-refractivity contribution in [1.82, 2.24) is 4.90 Å². The molecule has 2 heterocycles. The third-order valence-electron chi connectivity index (χ3n) is 7.75. The van der Waals surface area contributed by atoms with Crippen LogP contribution in [0.2, 0.25) is 0 Å². The molecule has 2 aliphatic heterocycles. The Morgan fingerprint density at radius 1 is 1.09 bits per heavy atom. The topological polar surface area (TPSA) is 23.6 Å². The number of nitrogens with zero attached hydrogens (tertiary/aromatic N) is 2. The van der Waals surface area contributed by atoms with Gasteiger partial charge in [0, 0.05) is 42.0 Å². The summed E-state index contributed by atoms with van der Waals surface area (Å²) in [6.07, 6.45) is 5.48. The largest absolute Gasteiger partial charge is 0.365 e. The molecule has 4 heteroatoms. The fourth-order valence-corrected chi connectivity index (χ4v) is 6.46. The van der Waals surface area contributed by atoms with Gasteiger partial charge in [-0.25, -0.2) is 0 Å². The van der Waals surface area contributed by atoms with Crippen molar-refractivity contribution < 1.29 is 4.79 Å². The van der Waals surface area contributed by atoms with Crippen molar-refractivity contribution >= 4 is 27.5 Å². The molecule has 0 radical (unpaired) electrons. The van der Waals surface area contributed by atoms with E-state index in [9.17, 15) is 4.79 Å². The van der Waals surface area contributed by atoms with Gasteiger partial charge in [-0.15, -0.1) is 0 Å². The molecule has 170 valence electrons. The van der Waals surface area contributed by atoms with Gasteiger partial charge in [-0.05, 0) is 82.3 Å². The summed E-state index contributed by atoms with van der Waals surface area (Å²) in [5, 5.41) is 0. The number of para-hydroxylation sites is 1. The first kappa shape index (κ1) is 22.0. The summed E-state index contributed by atoms with van der Waals surface area (Å²) in [7, 11) is 0. The molecule has 0 bridgehead atoms. The lowest BCUT2D eigenvalue weighted by molar-refractivity contribution is -0.133. The van der Waals surface area contributed by atoms with Crippen LogP contribution in [0.4, 0.5) is 5.69 Å². The van der Waals surface area contributed by atoms with Gasteiger partial charge in [0.2, 0.25) is 5.91 Å². The van der Waals surface area contributed by atoms with E-state index in [0.29, 0.717) is 17.7 Å². The highest BCUT2D eigenvalue weighted by molar-refractivity contribution is 9.10. The van der Waals surface area contributed by atoms with E-state index < -0.39 is 0 Å². The Morgan fingerprint density at radius 2 is 1.84 bits per heavy atom. The molecule has 2 fully saturated rings. The van der Waals surface area contributed by atoms with Crippen LogP contribution in [0.3, 0.4) is 0 Å². The number of aryl methyl sites for hydroxylation is 1. The van der Waals surface area contributed by atoms with Crippen molar-refractivity contribution in [3.8, 4) is 0 Å². The summed E-state index contributed by atoms with van der Waals surface area (Å²) in [5.74, 6) is 1.34. The maximum absolute atomic E-state index is 12.4. The summed E-state index contributed by atoms with van der Waals surface area (Å²) < 4.78 is 1.19. The van der Waals surface area contributed by atoms with Crippen molar-refractivity contribution in [3.63, 3.8) is 0 Å². The Morgan fingerprint density at radius 3 is 2.53 bits per heavy atom. The number of hydrogen-bond acceptors (Lipinski definition) is 2. The summed E-state index contributed by atoms with van der Waals surface area (Å²) in [6.45, 7) is 10.8. The Labute approximate surface area is 201 Å². The first-order valence-corrected chi connectivity index (χ1v) is 13.1. The third-order valence-corrected chi connectivity index (χ3v) is 8.39. The van der Waals surface area contributed by atoms with Gasteiger partial charge >= 0.3 is 0 Å². The average Bonchev–Trinajstić information content (AvgIpc) is 3.60. The molecule has 2 aromatic rings. The minimum atomic E-state index is 0.165. The average molecular weight is 496 g/mol. The molecule has 3 aliphatic rings. The van der Waals surface area contributed by atoms with Gasteiger partial charge < -0.3 is 9.80 Å². The van der Waals surface area contributed by atoms with Crippen LogP contribution in [-0.2, 0) is 23.2 Å². The molecular weight excluding hydrogens is 460 g/mol. The van der Waals surface area contributed by atoms with Crippen LogP contribution in [0.15, 0.2) is 40.9 Å². The molecule has 1 aliphatic carbocycles. The molecule has 0 aromatic heterocycles. The molecule has 32 heavy (non-hydrogen) atoms. The second kappa shape index (κ2) is 8.52. The van der Waals surface area contributed by atoms with E-state index in [4.69, 9.17) is 0 Å². The van der Waals surface area contributed by atoms with Crippen LogP contribution in [0.25, 0.3) is 0 Å². The van der Waals surface area contributed by atoms with E-state index in [1.54, 1.807) is 0 Å². The molecule has 0 N–H and O–H groups in total. The number of piperidine rings is 1. The number of hydrogen-bond donors (Lipinski definition) is 0. The van der Waals surface area contributed by atoms with E-state index in [0.717, 1.165) is 58.3 Å². The zero-order valence-corrected chi connectivity index (χ0v) is 21.2. The van der Waals surface area contributed by atoms with Crippen LogP contribution in [-0.4, -0.2) is 30.4 Å². The van der Waals surface area contributed by atoms with Gasteiger partial charge in [-0.3, -0.25) is 4.79 Å². The number of likely N-dealkylation sites (tertiary alicyclic amines) is 1. The number of carbonyl (C=O) groups excluding carboxylic acids is 1. The molecular formula is C28H35BrN2O. The van der Waals surface area contributed by atoms with Crippen molar-refractivity contribution in [2.24, 2.45) is 5.92 Å². The smallest absolute Gasteiger partial charge is 0.225 e. The molecule has 3 nitrogen and oxygen atoms in total. The Kier molecular flexibility index (Phi) is 5.86. The summed E-state index contributed by atoms with van der Waals surface area (Å²) in [4.78, 5) is 17.1. The predicted octanol–water partition coefficient (Wildman–Crippen LogP) is 6.43. The number of anilines is 1. The van der Waals surface area contributed by atoms with Crippen molar-refractivity contribution in [2.75, 3.05) is 24.5 Å². The van der Waals surface area contributed by atoms with Gasteiger partial charge in [0.05, 0.1) is 5.69 Å². The van der Waals surface area contributed by atoms with E-state index in [2.05, 4.69) is 82.9 Å². The summed E-state index contributed by atoms with van der Waals surface area (Å²) >= 11 is 3.80. The SMILES string of the molecule is CCc1cc(CN2CC(C)(C)c3cccc(Br)c32)ccc1C1CCN(C(=O)C2CC2)CC1. The number of amides is 1. The molecule has 0 unspecified atom stereocenters. The predicted molar refractivity (Wildman–Crippen MR) is 135 cm³/mol. The minimum Gasteiger partial charge on any atom is -0.365 e. The lowest BCUT2D eigenvalue weighted by atomic mass is 9.85. The van der Waals surface area contributed by atoms with E-state index in [-0.39, 0.29) is 5.41 Å². The lowest BCUT2D eigenvalue weighted by Gasteiger charge is -2.33. The highest BCUT2D eigenvalue weighted by atomic mass is 79.9. The number of benzene rings is 2. The molecule has 2 aromatic carbocycles. The number of rotatable bonds is 5. The van der Waals surface area contributed by atoms with Crippen molar-refractivity contribution in [3.05, 3.63) is 63.1 Å². The summed E-state index contributed by atoms with van der Waals surface area (Å²) in [6, 6.07) is 13.8. The lowest BCUT2D eigenvalue weighted by Crippen LogP contribution is -2.38. The Bertz CT molecular complexity index is 1020. The Balaban J connectivity index is 1.31. The van der Waals surface area contributed by atoms with Crippen LogP contribution in [0, 0.1) is 5.92 Å². The van der Waals surface area contributed by atoms with Gasteiger partial charge in [-0.1, -0.05) is 51.1 Å². The van der Waals surface area contributed by atoms with E-state index >= 15 is 0 Å². The quantitative estimate of drug-likeness (QED) is 0.478. The maximum Gasteiger partial charge on any atom is 0.225 e. The van der Waals surface area contributed by atoms with E-state index in [1.165, 1.54) is 32.4 Å². The molecule has 1 amide bonds. The molecule has 1 saturated heterocycles. The Hall–Kier alpha value is -1.81. The van der Waals surface area contributed by atoms with Crippen LogP contribution >= 0.6 is 15.9 Å². The van der Waals surface area contributed by atoms with Gasteiger partial charge in [0.1, 0.15) is 0 Å². The standard InChI is InChI=1S/C28H35BrN2O/c1-4-20-16-19(17-31-18-28(2,3)24-6-5-7-25(29)26(24)31)8-11-23(20)21-12-14-30(15-13-21)27(32)22-9-10-22/h5-8,11,16,21-22H,4,9-10,12-15,17-18H2,1-3H3. The summed E-state index contributed by atoms with van der Waals surface area (Å²) in [5.41, 5.74) is 7.35. The maximum atomic E-state index is 12.4. The fourth-order valence-electron chi connectivity index (χ4n) is 5.84. The highest BCUT2D eigenvalue weighted by Gasteiger charge is 2.37. The molecule has 1 saturated carbocycles. The van der Waals surface area contributed by atoms with E-state index in [1.807, 2.05) is 0 Å². The van der Waals surface area contributed by atoms with Crippen LogP contribution in [0.1, 0.15) is 74.6 Å². The molecule has 5 rings (SSSR count). The highest BCUT2D eigenvalue weighted by Crippen LogP contribution is 2.45. The van der Waals surface area contributed by atoms with Crippen molar-refractivity contribution in [2.45, 2.75) is 70.8 Å². The fraction of sp³-hybridized carbons (Fsp3) is 0.536. The first-order chi connectivity index (χ1) is 15.4. The normalized spacial score (nSPS) is 20.5. The first-order valence-electron chi connectivity index (χ1n) is 12.3. The zero-order valence-electron chi connectivity index (χ0n) is 19.7. The van der Waals surface area contributed by atoms with Crippen molar-refractivity contribution in [1.29, 1.82) is 0 Å². The van der Waals surface area contributed by atoms with Gasteiger partial charge in [0.15, 0.2) is 0 Å². The zero-order chi connectivity index (χ0) is 22.5. The monoisotopic (exact) mass is 494 g/mol. The van der Waals surface area contributed by atoms with Crippen LogP contribution < -0.4 is 4.90 Å². The number of carbonyl (C=O) groups is 1. The van der Waals surface area contributed by atoms with Crippen LogP contribution in [0.5, 0.6) is 0 Å². The minimum absolute atomic E-state index is 0.165. The number of halogens is 1. The third kappa shape index (κ3) is 4.11. The molecule has 0 spiro atoms. The second-order valence-corrected chi connectivity index (χ2v) is 11.5. The number of fused-ring (bicyclic) bond motifs is 1. The second-order valence-electron chi connectivity index (χ2n) is 10.6. The molecule has 0 atom stereocenters. The van der Waals surface area contributed by atoms with Gasteiger partial charge in [0.25, 0.3) is 0 Å².